The molecule has 0 bridgehead atoms. The normalized spacial score (nSPS) is 13.0. The van der Waals surface area contributed by atoms with Gasteiger partial charge in [0.1, 0.15) is 0 Å². The zero-order valence-electron chi connectivity index (χ0n) is 16.4. The van der Waals surface area contributed by atoms with E-state index in [0.29, 0.717) is 0 Å². The van der Waals surface area contributed by atoms with E-state index in [-0.39, 0.29) is 0 Å². The molecule has 2 aromatic heterocycles. The van der Waals surface area contributed by atoms with Crippen LogP contribution in [0.15, 0.2) is 120 Å². The van der Waals surface area contributed by atoms with Gasteiger partial charge in [0.05, 0.1) is 0 Å². The van der Waals surface area contributed by atoms with Gasteiger partial charge in [-0.2, -0.15) is 0 Å². The number of rotatable bonds is 5. The minimum absolute atomic E-state index is 0.734. The molecule has 4 heteroatoms. The fraction of sp³-hybridized carbons (Fsp3) is 0.0385. The third-order valence-electron chi connectivity index (χ3n) is 5.70. The van der Waals surface area contributed by atoms with Crippen LogP contribution in [0, 0.1) is 0 Å². The van der Waals surface area contributed by atoms with E-state index in [1.807, 2.05) is 12.3 Å². The van der Waals surface area contributed by atoms with E-state index in [9.17, 15) is 0 Å². The van der Waals surface area contributed by atoms with Crippen molar-refractivity contribution >= 4 is 47.7 Å². The van der Waals surface area contributed by atoms with Crippen molar-refractivity contribution in [2.45, 2.75) is 6.16 Å². The maximum absolute atomic E-state index is 6.32. The molecule has 0 aliphatic heterocycles. The van der Waals surface area contributed by atoms with Crippen molar-refractivity contribution in [2.75, 3.05) is 0 Å². The molecule has 3 aromatic carbocycles. The summed E-state index contributed by atoms with van der Waals surface area (Å²) in [6.45, 7) is 0. The summed E-state index contributed by atoms with van der Waals surface area (Å²) in [5.74, 6) is 0.948. The Bertz CT molecular complexity index is 1150. The Kier molecular flexibility index (Phi) is 4.81. The number of aromatic nitrogens is 1. The van der Waals surface area contributed by atoms with Crippen molar-refractivity contribution in [2.24, 2.45) is 0 Å². The Hall–Kier alpha value is -2.74. The Morgan fingerprint density at radius 3 is 1.67 bits per heavy atom. The third-order valence-corrected chi connectivity index (χ3v) is 15.2. The van der Waals surface area contributed by atoms with Crippen LogP contribution >= 0.6 is 20.8 Å². The molecule has 0 atom stereocenters. The topological polar surface area (TPSA) is 26.0 Å². The molecule has 0 spiro atoms. The quantitative estimate of drug-likeness (QED) is 0.285. The molecule has 2 nitrogen and oxygen atoms in total. The minimum atomic E-state index is -3.05. The predicted molar refractivity (Wildman–Crippen MR) is 132 cm³/mol. The number of benzene rings is 3. The van der Waals surface area contributed by atoms with Crippen LogP contribution in [0.2, 0.25) is 0 Å². The van der Waals surface area contributed by atoms with Crippen molar-refractivity contribution in [1.82, 2.24) is 4.98 Å². The number of hydrogen-bond acceptors (Lipinski definition) is 2. The van der Waals surface area contributed by atoms with Crippen molar-refractivity contribution in [3.63, 3.8) is 0 Å². The zero-order chi connectivity index (χ0) is 20.5. The molecule has 0 unspecified atom stereocenters. The number of nitrogens with zero attached hydrogens (tertiary/aromatic N) is 1. The van der Waals surface area contributed by atoms with Crippen LogP contribution in [0.1, 0.15) is 5.76 Å². The second-order valence-corrected chi connectivity index (χ2v) is 16.4. The molecule has 0 radical (unpaired) electrons. The number of fused-ring (bicyclic) bond motifs is 1. The Morgan fingerprint density at radius 2 is 1.20 bits per heavy atom. The number of halogens is 1. The average Bonchev–Trinajstić information content (AvgIpc) is 3.23. The standard InChI is InChI=1S/C26H21BrNOP/c27-30(23-10-4-1-5-11-23,24-12-6-2-7-13-24,25-14-8-3-9-15-25)20-22-18-21-19-28-17-16-26(21)29-22/h1-19H,20H2. The first kappa shape index (κ1) is 19.2. The van der Waals surface area contributed by atoms with E-state index in [4.69, 9.17) is 4.42 Å². The Balaban J connectivity index is 1.84. The molecule has 0 saturated carbocycles. The van der Waals surface area contributed by atoms with Gasteiger partial charge in [-0.25, -0.2) is 0 Å². The third kappa shape index (κ3) is 3.01. The van der Waals surface area contributed by atoms with Crippen molar-refractivity contribution in [3.8, 4) is 0 Å². The molecule has 148 valence electrons. The Morgan fingerprint density at radius 1 is 0.700 bits per heavy atom. The first-order chi connectivity index (χ1) is 14.7. The summed E-state index contributed by atoms with van der Waals surface area (Å²) in [7, 11) is 0. The molecule has 0 saturated heterocycles. The van der Waals surface area contributed by atoms with Gasteiger partial charge in [0, 0.05) is 0 Å². The van der Waals surface area contributed by atoms with E-state index in [0.717, 1.165) is 22.9 Å². The molecular weight excluding hydrogens is 453 g/mol. The van der Waals surface area contributed by atoms with Crippen LogP contribution < -0.4 is 15.9 Å². The summed E-state index contributed by atoms with van der Waals surface area (Å²) in [4.78, 5) is 4.25. The summed E-state index contributed by atoms with van der Waals surface area (Å²) in [6.07, 6.45) is 4.37. The van der Waals surface area contributed by atoms with Gasteiger partial charge in [-0.1, -0.05) is 0 Å². The first-order valence-corrected chi connectivity index (χ1v) is 14.3. The zero-order valence-corrected chi connectivity index (χ0v) is 18.8. The molecule has 0 aliphatic rings. The molecule has 5 rings (SSSR count). The molecule has 30 heavy (non-hydrogen) atoms. The van der Waals surface area contributed by atoms with E-state index in [2.05, 4.69) is 118 Å². The molecule has 0 fully saturated rings. The average molecular weight is 474 g/mol. The second kappa shape index (κ2) is 7.50. The molecule has 0 aliphatic carbocycles. The van der Waals surface area contributed by atoms with Gasteiger partial charge in [0.25, 0.3) is 0 Å². The number of furan rings is 1. The van der Waals surface area contributed by atoms with Gasteiger partial charge >= 0.3 is 185 Å². The van der Waals surface area contributed by atoms with Crippen LogP contribution in [0.5, 0.6) is 0 Å². The van der Waals surface area contributed by atoms with Gasteiger partial charge in [0.2, 0.25) is 0 Å². The van der Waals surface area contributed by atoms with Gasteiger partial charge in [-0.3, -0.25) is 0 Å². The fourth-order valence-electron chi connectivity index (χ4n) is 4.25. The summed E-state index contributed by atoms with van der Waals surface area (Å²) < 4.78 is 6.32. The molecule has 0 amide bonds. The first-order valence-electron chi connectivity index (χ1n) is 9.90. The van der Waals surface area contributed by atoms with Crippen molar-refractivity contribution in [3.05, 3.63) is 121 Å². The van der Waals surface area contributed by atoms with Gasteiger partial charge < -0.3 is 0 Å². The van der Waals surface area contributed by atoms with Crippen LogP contribution in [0.4, 0.5) is 0 Å². The summed E-state index contributed by atoms with van der Waals surface area (Å²) >= 11 is 4.47. The molecule has 2 heterocycles. The van der Waals surface area contributed by atoms with E-state index >= 15 is 0 Å². The number of hydrogen-bond donors (Lipinski definition) is 0. The fourth-order valence-corrected chi connectivity index (χ4v) is 11.7. The van der Waals surface area contributed by atoms with E-state index < -0.39 is 5.31 Å². The van der Waals surface area contributed by atoms with Gasteiger partial charge in [-0.05, 0) is 0 Å². The van der Waals surface area contributed by atoms with Crippen molar-refractivity contribution in [1.29, 1.82) is 0 Å². The number of pyridine rings is 1. The SMILES string of the molecule is BrP(Cc1cc2cnccc2o1)(c1ccccc1)(c1ccccc1)c1ccccc1. The summed E-state index contributed by atoms with van der Waals surface area (Å²) in [5.41, 5.74) is 0.867. The molecule has 5 aromatic rings. The molecular formula is C26H21BrNOP. The second-order valence-electron chi connectivity index (χ2n) is 7.47. The van der Waals surface area contributed by atoms with E-state index in [1.165, 1.54) is 15.9 Å². The van der Waals surface area contributed by atoms with E-state index in [1.54, 1.807) is 6.20 Å². The summed E-state index contributed by atoms with van der Waals surface area (Å²) in [5, 5.41) is 1.81. The van der Waals surface area contributed by atoms with Crippen molar-refractivity contribution < 1.29 is 4.42 Å². The summed E-state index contributed by atoms with van der Waals surface area (Å²) in [6, 6.07) is 36.4. The van der Waals surface area contributed by atoms with Crippen LogP contribution in [0.3, 0.4) is 0 Å². The van der Waals surface area contributed by atoms with Gasteiger partial charge in [0.15, 0.2) is 0 Å². The van der Waals surface area contributed by atoms with Gasteiger partial charge in [-0.15, -0.1) is 0 Å². The maximum atomic E-state index is 6.32. The van der Waals surface area contributed by atoms with Crippen LogP contribution in [-0.2, 0) is 6.16 Å². The monoisotopic (exact) mass is 473 g/mol. The predicted octanol–water partition coefficient (Wildman–Crippen LogP) is 6.17. The van der Waals surface area contributed by atoms with Crippen LogP contribution in [-0.4, -0.2) is 4.98 Å². The Labute approximate surface area is 184 Å². The van der Waals surface area contributed by atoms with Crippen LogP contribution in [0.25, 0.3) is 11.0 Å². The molecule has 0 N–H and O–H groups in total.